The van der Waals surface area contributed by atoms with Gasteiger partial charge in [-0.3, -0.25) is 0 Å². The van der Waals surface area contributed by atoms with Gasteiger partial charge in [0.1, 0.15) is 11.4 Å². The lowest BCUT2D eigenvalue weighted by atomic mass is 10.2. The minimum atomic E-state index is -0.973. The zero-order valence-electron chi connectivity index (χ0n) is 12.8. The molecule has 0 amide bonds. The van der Waals surface area contributed by atoms with Gasteiger partial charge < -0.3 is 24.5 Å². The van der Waals surface area contributed by atoms with E-state index in [1.54, 1.807) is 6.07 Å². The highest BCUT2D eigenvalue weighted by molar-refractivity contribution is 5.97. The summed E-state index contributed by atoms with van der Waals surface area (Å²) in [4.78, 5) is 16.4. The molecule has 1 aliphatic rings. The van der Waals surface area contributed by atoms with Gasteiger partial charge in [-0.05, 0) is 26.0 Å². The number of anilines is 1. The lowest BCUT2D eigenvalue weighted by molar-refractivity contribution is 0.0691. The molecule has 6 nitrogen and oxygen atoms in total. The van der Waals surface area contributed by atoms with E-state index in [-0.39, 0.29) is 11.8 Å². The van der Waals surface area contributed by atoms with E-state index in [1.807, 2.05) is 26.0 Å². The largest absolute Gasteiger partial charge is 0.490 e. The van der Waals surface area contributed by atoms with Crippen molar-refractivity contribution in [1.29, 1.82) is 0 Å². The Labute approximate surface area is 128 Å². The fourth-order valence-electron chi connectivity index (χ4n) is 2.66. The number of hydrogen-bond acceptors (Lipinski definition) is 4. The van der Waals surface area contributed by atoms with Crippen LogP contribution in [0.15, 0.2) is 18.2 Å². The number of morpholine rings is 1. The minimum absolute atomic E-state index is 0.0197. The second-order valence-electron chi connectivity index (χ2n) is 5.66. The van der Waals surface area contributed by atoms with Crippen molar-refractivity contribution < 1.29 is 19.4 Å². The number of carbonyl (C=O) groups is 1. The molecule has 118 valence electrons. The Morgan fingerprint density at radius 2 is 2.05 bits per heavy atom. The van der Waals surface area contributed by atoms with Gasteiger partial charge >= 0.3 is 5.97 Å². The molecule has 2 aromatic rings. The number of benzene rings is 1. The lowest BCUT2D eigenvalue weighted by Gasteiger charge is -2.29. The molecular weight excluding hydrogens is 284 g/mol. The molecule has 1 fully saturated rings. The monoisotopic (exact) mass is 304 g/mol. The van der Waals surface area contributed by atoms with Crippen LogP contribution in [0.4, 0.5) is 5.69 Å². The van der Waals surface area contributed by atoms with Crippen LogP contribution < -0.4 is 9.64 Å². The van der Waals surface area contributed by atoms with Crippen molar-refractivity contribution in [3.8, 4) is 5.75 Å². The molecule has 2 N–H and O–H groups in total. The smallest absolute Gasteiger partial charge is 0.352 e. The lowest BCUT2D eigenvalue weighted by Crippen LogP contribution is -2.36. The molecule has 0 aliphatic carbocycles. The number of carboxylic acid groups (broad SMARTS) is 1. The maximum atomic E-state index is 11.2. The highest BCUT2D eigenvalue weighted by Crippen LogP contribution is 2.33. The van der Waals surface area contributed by atoms with E-state index in [4.69, 9.17) is 9.47 Å². The number of carboxylic acids is 1. The molecule has 0 saturated carbocycles. The third kappa shape index (κ3) is 2.87. The van der Waals surface area contributed by atoms with Gasteiger partial charge in [0.15, 0.2) is 0 Å². The maximum Gasteiger partial charge on any atom is 0.352 e. The standard InChI is InChI=1S/C16H20N2O4/c1-10(2)22-15-8-11(18-3-5-21-6-4-18)7-13-12(15)9-14(17-13)16(19)20/h7-10,17H,3-6H2,1-2H3,(H,19,20). The van der Waals surface area contributed by atoms with E-state index in [9.17, 15) is 9.90 Å². The van der Waals surface area contributed by atoms with Gasteiger partial charge in [0.2, 0.25) is 0 Å². The predicted octanol–water partition coefficient (Wildman–Crippen LogP) is 2.49. The third-order valence-electron chi connectivity index (χ3n) is 3.65. The summed E-state index contributed by atoms with van der Waals surface area (Å²) < 4.78 is 11.3. The Hall–Kier alpha value is -2.21. The van der Waals surface area contributed by atoms with Gasteiger partial charge in [-0.1, -0.05) is 0 Å². The van der Waals surface area contributed by atoms with Gasteiger partial charge in [0.05, 0.1) is 24.8 Å². The summed E-state index contributed by atoms with van der Waals surface area (Å²) in [5.41, 5.74) is 1.96. The van der Waals surface area contributed by atoms with Crippen LogP contribution in [0.3, 0.4) is 0 Å². The van der Waals surface area contributed by atoms with Crippen LogP contribution in [0.2, 0.25) is 0 Å². The average Bonchev–Trinajstić information content (AvgIpc) is 2.92. The summed E-state index contributed by atoms with van der Waals surface area (Å²) in [7, 11) is 0. The van der Waals surface area contributed by atoms with E-state index in [0.29, 0.717) is 19.0 Å². The highest BCUT2D eigenvalue weighted by Gasteiger charge is 2.17. The van der Waals surface area contributed by atoms with Crippen LogP contribution in [0.5, 0.6) is 5.75 Å². The van der Waals surface area contributed by atoms with Crippen LogP contribution in [0.1, 0.15) is 24.3 Å². The van der Waals surface area contributed by atoms with Crippen LogP contribution in [-0.4, -0.2) is 48.5 Å². The Bertz CT molecular complexity index is 687. The van der Waals surface area contributed by atoms with Crippen molar-refractivity contribution >= 4 is 22.6 Å². The van der Waals surface area contributed by atoms with Gasteiger partial charge in [0.25, 0.3) is 0 Å². The van der Waals surface area contributed by atoms with Crippen LogP contribution in [0, 0.1) is 0 Å². The first kappa shape index (κ1) is 14.7. The van der Waals surface area contributed by atoms with E-state index in [0.717, 1.165) is 29.7 Å². The number of aromatic nitrogens is 1. The zero-order chi connectivity index (χ0) is 15.7. The van der Waals surface area contributed by atoms with Crippen molar-refractivity contribution in [3.05, 3.63) is 23.9 Å². The fraction of sp³-hybridized carbons (Fsp3) is 0.438. The molecule has 22 heavy (non-hydrogen) atoms. The fourth-order valence-corrected chi connectivity index (χ4v) is 2.66. The summed E-state index contributed by atoms with van der Waals surface area (Å²) in [5.74, 6) is -0.266. The zero-order valence-corrected chi connectivity index (χ0v) is 12.8. The van der Waals surface area contributed by atoms with E-state index in [1.165, 1.54) is 0 Å². The summed E-state index contributed by atoms with van der Waals surface area (Å²) in [6.07, 6.45) is 0.0197. The first-order valence-electron chi connectivity index (χ1n) is 7.44. The highest BCUT2D eigenvalue weighted by atomic mass is 16.5. The summed E-state index contributed by atoms with van der Waals surface area (Å²) >= 11 is 0. The normalized spacial score (nSPS) is 15.5. The molecule has 0 spiro atoms. The molecule has 0 unspecified atom stereocenters. The van der Waals surface area contributed by atoms with E-state index >= 15 is 0 Å². The van der Waals surface area contributed by atoms with Gasteiger partial charge in [-0.15, -0.1) is 0 Å². The molecule has 6 heteroatoms. The second kappa shape index (κ2) is 5.88. The number of hydrogen-bond donors (Lipinski definition) is 2. The van der Waals surface area contributed by atoms with Crippen molar-refractivity contribution in [2.24, 2.45) is 0 Å². The molecule has 1 aliphatic heterocycles. The van der Waals surface area contributed by atoms with Gasteiger partial charge in [-0.25, -0.2) is 4.79 Å². The number of H-pyrrole nitrogens is 1. The Balaban J connectivity index is 2.07. The van der Waals surface area contributed by atoms with E-state index in [2.05, 4.69) is 9.88 Å². The topological polar surface area (TPSA) is 74.8 Å². The van der Waals surface area contributed by atoms with Crippen LogP contribution >= 0.6 is 0 Å². The summed E-state index contributed by atoms with van der Waals surface area (Å²) in [6.45, 7) is 6.95. The number of aromatic carboxylic acids is 1. The Kier molecular flexibility index (Phi) is 3.94. The third-order valence-corrected chi connectivity index (χ3v) is 3.65. The van der Waals surface area contributed by atoms with Gasteiger partial charge in [0, 0.05) is 30.2 Å². The molecule has 0 radical (unpaired) electrons. The number of ether oxygens (including phenoxy) is 2. The number of nitrogens with one attached hydrogen (secondary N) is 1. The second-order valence-corrected chi connectivity index (χ2v) is 5.66. The maximum absolute atomic E-state index is 11.2. The molecule has 0 atom stereocenters. The Morgan fingerprint density at radius 1 is 1.32 bits per heavy atom. The number of rotatable bonds is 4. The quantitative estimate of drug-likeness (QED) is 0.907. The Morgan fingerprint density at radius 3 is 2.68 bits per heavy atom. The van der Waals surface area contributed by atoms with Gasteiger partial charge in [-0.2, -0.15) is 0 Å². The number of nitrogens with zero attached hydrogens (tertiary/aromatic N) is 1. The molecule has 0 bridgehead atoms. The SMILES string of the molecule is CC(C)Oc1cc(N2CCOCC2)cc2[nH]c(C(=O)O)cc12. The number of aromatic amines is 1. The summed E-state index contributed by atoms with van der Waals surface area (Å²) in [5, 5.41) is 9.97. The first-order chi connectivity index (χ1) is 10.5. The molecular formula is C16H20N2O4. The molecule has 1 aromatic carbocycles. The number of fused-ring (bicyclic) bond motifs is 1. The summed E-state index contributed by atoms with van der Waals surface area (Å²) in [6, 6.07) is 5.58. The van der Waals surface area contributed by atoms with Crippen LogP contribution in [0.25, 0.3) is 10.9 Å². The molecule has 1 saturated heterocycles. The van der Waals surface area contributed by atoms with Crippen molar-refractivity contribution in [1.82, 2.24) is 4.98 Å². The van der Waals surface area contributed by atoms with Crippen LogP contribution in [-0.2, 0) is 4.74 Å². The molecule has 2 heterocycles. The van der Waals surface area contributed by atoms with Crippen molar-refractivity contribution in [2.45, 2.75) is 20.0 Å². The molecule has 3 rings (SSSR count). The van der Waals surface area contributed by atoms with E-state index < -0.39 is 5.97 Å². The van der Waals surface area contributed by atoms with Crippen molar-refractivity contribution in [3.63, 3.8) is 0 Å². The average molecular weight is 304 g/mol. The van der Waals surface area contributed by atoms with Crippen molar-refractivity contribution in [2.75, 3.05) is 31.2 Å². The minimum Gasteiger partial charge on any atom is -0.490 e. The molecule has 1 aromatic heterocycles. The first-order valence-corrected chi connectivity index (χ1v) is 7.44. The predicted molar refractivity (Wildman–Crippen MR) is 84.1 cm³/mol.